The van der Waals surface area contributed by atoms with Crippen LogP contribution in [-0.2, 0) is 6.61 Å². The van der Waals surface area contributed by atoms with Gasteiger partial charge in [0.15, 0.2) is 0 Å². The summed E-state index contributed by atoms with van der Waals surface area (Å²) in [4.78, 5) is 3.94. The maximum atomic E-state index is 8.76. The molecule has 1 aromatic heterocycles. The molecule has 0 saturated heterocycles. The summed E-state index contributed by atoms with van der Waals surface area (Å²) in [6.45, 7) is 2.74. The molecule has 4 nitrogen and oxygen atoms in total. The predicted octanol–water partition coefficient (Wildman–Crippen LogP) is 2.91. The van der Waals surface area contributed by atoms with Crippen LogP contribution in [0.2, 0.25) is 0 Å². The minimum Gasteiger partial charge on any atom is -0.450 e. The van der Waals surface area contributed by atoms with E-state index in [-0.39, 0.29) is 12.7 Å². The number of aromatic nitrogens is 1. The molecule has 1 rings (SSSR count). The van der Waals surface area contributed by atoms with Crippen LogP contribution in [0.3, 0.4) is 0 Å². The topological polar surface area (TPSA) is 55.5 Å². The van der Waals surface area contributed by atoms with Crippen LogP contribution in [0.15, 0.2) is 10.7 Å². The van der Waals surface area contributed by atoms with Crippen LogP contribution >= 0.6 is 0 Å². The van der Waals surface area contributed by atoms with Gasteiger partial charge in [-0.05, 0) is 6.42 Å². The highest BCUT2D eigenvalue weighted by molar-refractivity contribution is 4.97. The first-order valence-electron chi connectivity index (χ1n) is 6.05. The van der Waals surface area contributed by atoms with Crippen LogP contribution in [0.1, 0.15) is 51.1 Å². The summed E-state index contributed by atoms with van der Waals surface area (Å²) in [7, 11) is 0. The van der Waals surface area contributed by atoms with Gasteiger partial charge in [-0.3, -0.25) is 0 Å². The Balaban J connectivity index is 1.98. The Morgan fingerprint density at radius 3 is 2.69 bits per heavy atom. The second-order valence-corrected chi connectivity index (χ2v) is 3.88. The van der Waals surface area contributed by atoms with Gasteiger partial charge < -0.3 is 14.3 Å². The van der Waals surface area contributed by atoms with Crippen molar-refractivity contribution < 1.29 is 14.3 Å². The Bertz CT molecular complexity index is 273. The second kappa shape index (κ2) is 8.16. The molecule has 4 heteroatoms. The minimum absolute atomic E-state index is 0.107. The zero-order chi connectivity index (χ0) is 11.6. The average Bonchev–Trinajstić information content (AvgIpc) is 2.76. The highest BCUT2D eigenvalue weighted by atomic mass is 16.6. The van der Waals surface area contributed by atoms with E-state index in [1.54, 1.807) is 0 Å². The maximum Gasteiger partial charge on any atom is 0.393 e. The summed E-state index contributed by atoms with van der Waals surface area (Å²) in [6, 6.07) is 0. The number of nitrogens with zero attached hydrogens (tertiary/aromatic N) is 1. The van der Waals surface area contributed by atoms with E-state index in [9.17, 15) is 0 Å². The third-order valence-corrected chi connectivity index (χ3v) is 2.42. The molecule has 0 aliphatic carbocycles. The molecule has 92 valence electrons. The highest BCUT2D eigenvalue weighted by Crippen LogP contribution is 2.11. The molecule has 0 fully saturated rings. The lowest BCUT2D eigenvalue weighted by Crippen LogP contribution is -1.97. The zero-order valence-corrected chi connectivity index (χ0v) is 9.95. The molecule has 0 radical (unpaired) electrons. The van der Waals surface area contributed by atoms with Gasteiger partial charge in [-0.25, -0.2) is 0 Å². The molecule has 1 N–H and O–H groups in total. The largest absolute Gasteiger partial charge is 0.450 e. The average molecular weight is 227 g/mol. The molecule has 0 saturated carbocycles. The van der Waals surface area contributed by atoms with Crippen LogP contribution in [0, 0.1) is 0 Å². The Kier molecular flexibility index (Phi) is 6.65. The van der Waals surface area contributed by atoms with Crippen molar-refractivity contribution in [3.63, 3.8) is 0 Å². The molecule has 1 aromatic rings. The van der Waals surface area contributed by atoms with Gasteiger partial charge >= 0.3 is 6.08 Å². The van der Waals surface area contributed by atoms with Crippen LogP contribution in [0.4, 0.5) is 0 Å². The van der Waals surface area contributed by atoms with Crippen LogP contribution in [0.5, 0.6) is 6.08 Å². The van der Waals surface area contributed by atoms with E-state index >= 15 is 0 Å². The van der Waals surface area contributed by atoms with Crippen molar-refractivity contribution in [3.05, 3.63) is 12.0 Å². The van der Waals surface area contributed by atoms with E-state index < -0.39 is 0 Å². The number of rotatable bonds is 9. The smallest absolute Gasteiger partial charge is 0.393 e. The van der Waals surface area contributed by atoms with Crippen molar-refractivity contribution in [2.24, 2.45) is 0 Å². The minimum atomic E-state index is -0.107. The number of unbranched alkanes of at least 4 members (excludes halogenated alkanes) is 5. The van der Waals surface area contributed by atoms with Crippen LogP contribution in [0.25, 0.3) is 0 Å². The normalized spacial score (nSPS) is 10.6. The van der Waals surface area contributed by atoms with Crippen molar-refractivity contribution in [1.82, 2.24) is 4.98 Å². The Hall–Kier alpha value is -1.03. The Morgan fingerprint density at radius 1 is 1.25 bits per heavy atom. The third-order valence-electron chi connectivity index (χ3n) is 2.42. The summed E-state index contributed by atoms with van der Waals surface area (Å²) in [5, 5.41) is 8.76. The van der Waals surface area contributed by atoms with E-state index in [1.807, 2.05) is 0 Å². The lowest BCUT2D eigenvalue weighted by atomic mass is 10.1. The fourth-order valence-electron chi connectivity index (χ4n) is 1.47. The van der Waals surface area contributed by atoms with E-state index in [2.05, 4.69) is 11.9 Å². The van der Waals surface area contributed by atoms with E-state index in [0.717, 1.165) is 6.42 Å². The monoisotopic (exact) mass is 227 g/mol. The van der Waals surface area contributed by atoms with Gasteiger partial charge in [-0.15, -0.1) is 0 Å². The van der Waals surface area contributed by atoms with Crippen molar-refractivity contribution in [3.8, 4) is 6.08 Å². The fourth-order valence-corrected chi connectivity index (χ4v) is 1.47. The zero-order valence-electron chi connectivity index (χ0n) is 9.95. The van der Waals surface area contributed by atoms with Gasteiger partial charge in [0.05, 0.1) is 13.2 Å². The number of ether oxygens (including phenoxy) is 1. The van der Waals surface area contributed by atoms with Crippen LogP contribution in [-0.4, -0.2) is 16.7 Å². The summed E-state index contributed by atoms with van der Waals surface area (Å²) < 4.78 is 10.3. The first-order chi connectivity index (χ1) is 7.86. The summed E-state index contributed by atoms with van der Waals surface area (Å²) in [5.74, 6) is 0. The number of aliphatic hydroxyl groups excluding tert-OH is 1. The molecule has 0 aliphatic heterocycles. The van der Waals surface area contributed by atoms with Gasteiger partial charge in [-0.2, -0.15) is 4.98 Å². The maximum absolute atomic E-state index is 8.76. The van der Waals surface area contributed by atoms with E-state index in [1.165, 1.54) is 38.4 Å². The number of oxazole rings is 1. The highest BCUT2D eigenvalue weighted by Gasteiger charge is 2.02. The first kappa shape index (κ1) is 13.0. The molecule has 0 bridgehead atoms. The molecule has 16 heavy (non-hydrogen) atoms. The third kappa shape index (κ3) is 5.16. The number of hydrogen-bond acceptors (Lipinski definition) is 4. The predicted molar refractivity (Wildman–Crippen MR) is 61.3 cm³/mol. The molecular formula is C12H21NO3. The molecule has 0 spiro atoms. The molecule has 0 unspecified atom stereocenters. The number of aliphatic hydroxyl groups is 1. The fraction of sp³-hybridized carbons (Fsp3) is 0.750. The summed E-state index contributed by atoms with van der Waals surface area (Å²) in [5.41, 5.74) is 0.512. The standard InChI is InChI=1S/C12H21NO3/c1-2-3-4-5-6-7-8-15-12-13-11(9-14)10-16-12/h10,14H,2-9H2,1H3. The van der Waals surface area contributed by atoms with E-state index in [4.69, 9.17) is 14.3 Å². The molecule has 0 aliphatic rings. The molecule has 1 heterocycles. The van der Waals surface area contributed by atoms with Gasteiger partial charge in [0.1, 0.15) is 12.0 Å². The van der Waals surface area contributed by atoms with Crippen LogP contribution < -0.4 is 4.74 Å². The van der Waals surface area contributed by atoms with Gasteiger partial charge in [0.2, 0.25) is 0 Å². The number of hydrogen-bond donors (Lipinski definition) is 1. The van der Waals surface area contributed by atoms with Gasteiger partial charge in [0.25, 0.3) is 0 Å². The summed E-state index contributed by atoms with van der Waals surface area (Å²) in [6.07, 6.45) is 9.06. The van der Waals surface area contributed by atoms with Crippen molar-refractivity contribution in [2.45, 2.75) is 52.1 Å². The van der Waals surface area contributed by atoms with Gasteiger partial charge in [0, 0.05) is 0 Å². The van der Waals surface area contributed by atoms with Crippen molar-refractivity contribution in [2.75, 3.05) is 6.61 Å². The Labute approximate surface area is 96.6 Å². The lowest BCUT2D eigenvalue weighted by molar-refractivity contribution is 0.223. The SMILES string of the molecule is CCCCCCCCOc1nc(CO)co1. The first-order valence-corrected chi connectivity index (χ1v) is 6.05. The molecule has 0 atom stereocenters. The van der Waals surface area contributed by atoms with Gasteiger partial charge in [-0.1, -0.05) is 39.0 Å². The molecule has 0 amide bonds. The molecule has 0 aromatic carbocycles. The quantitative estimate of drug-likeness (QED) is 0.659. The lowest BCUT2D eigenvalue weighted by Gasteiger charge is -2.01. The van der Waals surface area contributed by atoms with Crippen molar-refractivity contribution >= 4 is 0 Å². The van der Waals surface area contributed by atoms with Crippen molar-refractivity contribution in [1.29, 1.82) is 0 Å². The molecular weight excluding hydrogens is 206 g/mol. The summed E-state index contributed by atoms with van der Waals surface area (Å²) >= 11 is 0. The van der Waals surface area contributed by atoms with E-state index in [0.29, 0.717) is 12.3 Å². The second-order valence-electron chi connectivity index (χ2n) is 3.88. The Morgan fingerprint density at radius 2 is 2.00 bits per heavy atom.